The molecule has 0 saturated carbocycles. The lowest BCUT2D eigenvalue weighted by molar-refractivity contribution is -0.384. The number of amidine groups is 1. The van der Waals surface area contributed by atoms with Gasteiger partial charge in [-0.1, -0.05) is 24.9 Å². The number of oxime groups is 1. The predicted octanol–water partition coefficient (Wildman–Crippen LogP) is 2.32. The van der Waals surface area contributed by atoms with E-state index < -0.39 is 4.92 Å². The molecule has 0 heterocycles. The number of nitro groups is 1. The van der Waals surface area contributed by atoms with E-state index in [0.29, 0.717) is 11.3 Å². The summed E-state index contributed by atoms with van der Waals surface area (Å²) in [5.74, 6) is -0.145. The van der Waals surface area contributed by atoms with Crippen molar-refractivity contribution in [3.63, 3.8) is 0 Å². The SMILES string of the molecule is CCCCCN(C)c1ccc(C(N)=NO)cc1[N+](=O)[O-]. The van der Waals surface area contributed by atoms with Gasteiger partial charge in [0.05, 0.1) is 4.92 Å². The van der Waals surface area contributed by atoms with E-state index in [1.807, 2.05) is 11.9 Å². The summed E-state index contributed by atoms with van der Waals surface area (Å²) in [6, 6.07) is 4.55. The second-order valence-corrected chi connectivity index (χ2v) is 4.57. The van der Waals surface area contributed by atoms with Crippen molar-refractivity contribution in [3.05, 3.63) is 33.9 Å². The fourth-order valence-corrected chi connectivity index (χ4v) is 1.93. The first-order chi connectivity index (χ1) is 9.51. The van der Waals surface area contributed by atoms with Crippen molar-refractivity contribution >= 4 is 17.2 Å². The molecule has 0 saturated heterocycles. The first-order valence-electron chi connectivity index (χ1n) is 6.48. The zero-order chi connectivity index (χ0) is 15.1. The minimum Gasteiger partial charge on any atom is -0.409 e. The lowest BCUT2D eigenvalue weighted by Gasteiger charge is -2.19. The van der Waals surface area contributed by atoms with Gasteiger partial charge in [0.15, 0.2) is 5.84 Å². The molecule has 1 aromatic carbocycles. The molecule has 0 spiro atoms. The average Bonchev–Trinajstić information content (AvgIpc) is 2.45. The van der Waals surface area contributed by atoms with Gasteiger partial charge in [0.2, 0.25) is 0 Å². The Morgan fingerprint density at radius 2 is 2.20 bits per heavy atom. The van der Waals surface area contributed by atoms with Gasteiger partial charge in [-0.3, -0.25) is 10.1 Å². The third-order valence-corrected chi connectivity index (χ3v) is 3.08. The van der Waals surface area contributed by atoms with E-state index in [9.17, 15) is 10.1 Å². The second-order valence-electron chi connectivity index (χ2n) is 4.57. The molecule has 7 heteroatoms. The van der Waals surface area contributed by atoms with Crippen LogP contribution in [0.1, 0.15) is 31.7 Å². The van der Waals surface area contributed by atoms with Crippen LogP contribution in [0, 0.1) is 10.1 Å². The van der Waals surface area contributed by atoms with Crippen LogP contribution in [0.3, 0.4) is 0 Å². The van der Waals surface area contributed by atoms with Crippen LogP contribution in [0.25, 0.3) is 0 Å². The standard InChI is InChI=1S/C13H20N4O3/c1-3-4-5-8-16(2)11-7-6-10(13(14)15-18)9-12(11)17(19)20/h6-7,9,18H,3-5,8H2,1-2H3,(H2,14,15). The number of anilines is 1. The second kappa shape index (κ2) is 7.32. The molecule has 0 unspecified atom stereocenters. The summed E-state index contributed by atoms with van der Waals surface area (Å²) in [5.41, 5.74) is 6.26. The Labute approximate surface area is 117 Å². The maximum atomic E-state index is 11.2. The molecule has 0 aliphatic carbocycles. The number of nitrogens with two attached hydrogens (primary N) is 1. The van der Waals surface area contributed by atoms with Crippen molar-refractivity contribution in [2.75, 3.05) is 18.5 Å². The highest BCUT2D eigenvalue weighted by molar-refractivity contribution is 5.98. The Morgan fingerprint density at radius 3 is 2.75 bits per heavy atom. The third-order valence-electron chi connectivity index (χ3n) is 3.08. The summed E-state index contributed by atoms with van der Waals surface area (Å²) in [7, 11) is 1.82. The molecule has 0 atom stereocenters. The van der Waals surface area contributed by atoms with E-state index >= 15 is 0 Å². The van der Waals surface area contributed by atoms with Crippen LogP contribution >= 0.6 is 0 Å². The van der Waals surface area contributed by atoms with E-state index in [-0.39, 0.29) is 11.5 Å². The summed E-state index contributed by atoms with van der Waals surface area (Å²) in [4.78, 5) is 12.5. The van der Waals surface area contributed by atoms with Gasteiger partial charge < -0.3 is 15.8 Å². The monoisotopic (exact) mass is 280 g/mol. The van der Waals surface area contributed by atoms with Crippen LogP contribution in [0.4, 0.5) is 11.4 Å². The Morgan fingerprint density at radius 1 is 1.50 bits per heavy atom. The highest BCUT2D eigenvalue weighted by Gasteiger charge is 2.18. The number of nitrogens with zero attached hydrogens (tertiary/aromatic N) is 3. The summed E-state index contributed by atoms with van der Waals surface area (Å²) in [6.45, 7) is 2.85. The van der Waals surface area contributed by atoms with Crippen molar-refractivity contribution in [2.24, 2.45) is 10.9 Å². The van der Waals surface area contributed by atoms with Gasteiger partial charge in [-0.2, -0.15) is 0 Å². The molecular formula is C13H20N4O3. The minimum atomic E-state index is -0.459. The summed E-state index contributed by atoms with van der Waals surface area (Å²) >= 11 is 0. The molecule has 20 heavy (non-hydrogen) atoms. The molecule has 1 aromatic rings. The molecule has 0 aliphatic rings. The Balaban J connectivity index is 3.04. The predicted molar refractivity (Wildman–Crippen MR) is 78.4 cm³/mol. The van der Waals surface area contributed by atoms with Gasteiger partial charge in [0.25, 0.3) is 5.69 Å². The molecule has 7 nitrogen and oxygen atoms in total. The van der Waals surface area contributed by atoms with Crippen LogP contribution in [0.2, 0.25) is 0 Å². The van der Waals surface area contributed by atoms with Crippen LogP contribution in [-0.2, 0) is 0 Å². The van der Waals surface area contributed by atoms with E-state index in [2.05, 4.69) is 12.1 Å². The first kappa shape index (κ1) is 15.7. The van der Waals surface area contributed by atoms with E-state index in [0.717, 1.165) is 25.8 Å². The minimum absolute atomic E-state index is 0.0481. The van der Waals surface area contributed by atoms with Gasteiger partial charge in [-0.25, -0.2) is 0 Å². The van der Waals surface area contributed by atoms with Crippen molar-refractivity contribution in [3.8, 4) is 0 Å². The highest BCUT2D eigenvalue weighted by Crippen LogP contribution is 2.28. The van der Waals surface area contributed by atoms with Crippen LogP contribution < -0.4 is 10.6 Å². The molecule has 0 aromatic heterocycles. The third kappa shape index (κ3) is 3.84. The normalized spacial score (nSPS) is 11.4. The van der Waals surface area contributed by atoms with Gasteiger partial charge in [0, 0.05) is 25.2 Å². The van der Waals surface area contributed by atoms with Gasteiger partial charge >= 0.3 is 0 Å². The topological polar surface area (TPSA) is 105 Å². The lowest BCUT2D eigenvalue weighted by Crippen LogP contribution is -2.20. The molecule has 0 aliphatic heterocycles. The molecule has 1 rings (SSSR count). The molecule has 3 N–H and O–H groups in total. The zero-order valence-corrected chi connectivity index (χ0v) is 11.7. The number of unbranched alkanes of at least 4 members (excludes halogenated alkanes) is 2. The van der Waals surface area contributed by atoms with Crippen molar-refractivity contribution < 1.29 is 10.1 Å². The highest BCUT2D eigenvalue weighted by atomic mass is 16.6. The van der Waals surface area contributed by atoms with Gasteiger partial charge in [0.1, 0.15) is 5.69 Å². The number of nitro benzene ring substituents is 1. The zero-order valence-electron chi connectivity index (χ0n) is 11.7. The number of rotatable bonds is 7. The average molecular weight is 280 g/mol. The van der Waals surface area contributed by atoms with Crippen LogP contribution in [-0.4, -0.2) is 29.6 Å². The van der Waals surface area contributed by atoms with E-state index in [1.165, 1.54) is 6.07 Å². The quantitative estimate of drug-likeness (QED) is 0.199. The number of hydrogen-bond donors (Lipinski definition) is 2. The Kier molecular flexibility index (Phi) is 5.76. The first-order valence-corrected chi connectivity index (χ1v) is 6.48. The van der Waals surface area contributed by atoms with E-state index in [4.69, 9.17) is 10.9 Å². The van der Waals surface area contributed by atoms with Gasteiger partial charge in [-0.15, -0.1) is 0 Å². The fourth-order valence-electron chi connectivity index (χ4n) is 1.93. The molecule has 110 valence electrons. The molecular weight excluding hydrogens is 260 g/mol. The lowest BCUT2D eigenvalue weighted by atomic mass is 10.1. The van der Waals surface area contributed by atoms with E-state index in [1.54, 1.807) is 12.1 Å². The fraction of sp³-hybridized carbons (Fsp3) is 0.462. The van der Waals surface area contributed by atoms with Crippen molar-refractivity contribution in [1.29, 1.82) is 0 Å². The smallest absolute Gasteiger partial charge is 0.293 e. The van der Waals surface area contributed by atoms with Crippen molar-refractivity contribution in [2.45, 2.75) is 26.2 Å². The molecule has 0 bridgehead atoms. The van der Waals surface area contributed by atoms with Crippen LogP contribution in [0.5, 0.6) is 0 Å². The van der Waals surface area contributed by atoms with Crippen LogP contribution in [0.15, 0.2) is 23.4 Å². The largest absolute Gasteiger partial charge is 0.409 e. The maximum Gasteiger partial charge on any atom is 0.293 e. The summed E-state index contributed by atoms with van der Waals surface area (Å²) < 4.78 is 0. The van der Waals surface area contributed by atoms with Gasteiger partial charge in [-0.05, 0) is 18.6 Å². The molecule has 0 fully saturated rings. The Bertz CT molecular complexity index is 502. The Hall–Kier alpha value is -2.31. The number of hydrogen-bond acceptors (Lipinski definition) is 5. The van der Waals surface area contributed by atoms with Crippen molar-refractivity contribution in [1.82, 2.24) is 0 Å². The molecule has 0 radical (unpaired) electrons. The molecule has 0 amide bonds. The number of benzene rings is 1. The summed E-state index contributed by atoms with van der Waals surface area (Å²) in [6.07, 6.45) is 3.16. The maximum absolute atomic E-state index is 11.2. The summed E-state index contributed by atoms with van der Waals surface area (Å²) in [5, 5.41) is 22.6.